The van der Waals surface area contributed by atoms with Gasteiger partial charge in [-0.1, -0.05) is 0 Å². The topological polar surface area (TPSA) is 69.7 Å². The van der Waals surface area contributed by atoms with Gasteiger partial charge in [-0.3, -0.25) is 14.4 Å². The van der Waals surface area contributed by atoms with Crippen LogP contribution in [-0.4, -0.2) is 35.3 Å². The number of carbonyl (C=O) groups is 3. The smallest absolute Gasteiger partial charge is 0.291 e. The van der Waals surface area contributed by atoms with Crippen LogP contribution in [0, 0.1) is 0 Å². The summed E-state index contributed by atoms with van der Waals surface area (Å²) in [4.78, 5) is 34.9. The molecule has 6 heteroatoms. The molecular weight excluding hydrogens is 284 g/mol. The van der Waals surface area contributed by atoms with E-state index in [0.29, 0.717) is 0 Å². The first-order valence-corrected chi connectivity index (χ1v) is 6.01. The summed E-state index contributed by atoms with van der Waals surface area (Å²) in [5.74, 6) is -3.49. The minimum Gasteiger partial charge on any atom is -0.335 e. The number of ketones is 3. The van der Waals surface area contributed by atoms with Crippen molar-refractivity contribution in [2.75, 3.05) is 0 Å². The van der Waals surface area contributed by atoms with Gasteiger partial charge in [0, 0.05) is 28.6 Å². The number of hydrogen-bond donors (Lipinski definition) is 0. The van der Waals surface area contributed by atoms with Gasteiger partial charge in [-0.05, 0) is 34.6 Å². The summed E-state index contributed by atoms with van der Waals surface area (Å²) in [6, 6.07) is 0. The van der Waals surface area contributed by atoms with E-state index in [4.69, 9.17) is 9.47 Å². The predicted octanol–water partition coefficient (Wildman–Crippen LogP) is 1.67. The number of Topliss-reactive ketones (excluding diaryl/α,β-unsaturated/α-hetero) is 3. The summed E-state index contributed by atoms with van der Waals surface area (Å²) in [6.45, 7) is 9.30. The Balaban J connectivity index is 0. The molecule has 0 atom stereocenters. The van der Waals surface area contributed by atoms with E-state index in [1.807, 2.05) is 0 Å². The summed E-state index contributed by atoms with van der Waals surface area (Å²) in [5, 5.41) is 0. The quantitative estimate of drug-likeness (QED) is 0.387. The average Bonchev–Trinajstić information content (AvgIpc) is 2.13. The Kier molecular flexibility index (Phi) is 9.64. The molecule has 0 aromatic rings. The Labute approximate surface area is 129 Å². The van der Waals surface area contributed by atoms with Crippen LogP contribution in [0.4, 0.5) is 0 Å². The molecule has 0 saturated heterocycles. The van der Waals surface area contributed by atoms with E-state index in [-0.39, 0.29) is 46.1 Å². The molecule has 0 aromatic heterocycles. The van der Waals surface area contributed by atoms with Crippen molar-refractivity contribution < 1.29 is 45.6 Å². The van der Waals surface area contributed by atoms with Crippen LogP contribution >= 0.6 is 0 Å². The zero-order valence-corrected chi connectivity index (χ0v) is 14.0. The molecule has 108 valence electrons. The van der Waals surface area contributed by atoms with Gasteiger partial charge in [-0.2, -0.15) is 0 Å². The van der Waals surface area contributed by atoms with Crippen LogP contribution in [0.25, 0.3) is 0 Å². The third kappa shape index (κ3) is 6.57. The molecule has 0 unspecified atom stereocenters. The molecule has 0 heterocycles. The maximum Gasteiger partial charge on any atom is 0.291 e. The van der Waals surface area contributed by atoms with Crippen molar-refractivity contribution in [3.63, 3.8) is 0 Å². The molecule has 0 aliphatic rings. The third-order valence-corrected chi connectivity index (χ3v) is 2.04. The minimum atomic E-state index is -1.96. The van der Waals surface area contributed by atoms with Gasteiger partial charge in [0.1, 0.15) is 5.78 Å². The second-order valence-corrected chi connectivity index (χ2v) is 4.81. The molecule has 0 fully saturated rings. The van der Waals surface area contributed by atoms with Crippen LogP contribution in [0.5, 0.6) is 0 Å². The zero-order chi connectivity index (χ0) is 14.5. The van der Waals surface area contributed by atoms with E-state index in [0.717, 1.165) is 0 Å². The molecule has 0 saturated carbocycles. The fourth-order valence-corrected chi connectivity index (χ4v) is 1.53. The normalized spacial score (nSPS) is 11.4. The number of hydrogen-bond acceptors (Lipinski definition) is 5. The van der Waals surface area contributed by atoms with E-state index in [1.54, 1.807) is 27.7 Å². The molecule has 0 bridgehead atoms. The molecule has 0 amide bonds. The number of ether oxygens (including phenoxy) is 2. The molecule has 5 nitrogen and oxygen atoms in total. The Morgan fingerprint density at radius 3 is 1.53 bits per heavy atom. The Morgan fingerprint density at radius 1 is 0.947 bits per heavy atom. The van der Waals surface area contributed by atoms with E-state index < -0.39 is 17.4 Å². The maximum absolute atomic E-state index is 12.1. The molecular formula is C13H22O5Ti. The van der Waals surface area contributed by atoms with E-state index in [2.05, 4.69) is 0 Å². The number of carbonyl (C=O) groups excluding carboxylic acids is 3. The molecule has 0 rings (SSSR count). The van der Waals surface area contributed by atoms with Gasteiger partial charge in [0.25, 0.3) is 5.79 Å². The van der Waals surface area contributed by atoms with Crippen LogP contribution in [0.15, 0.2) is 0 Å². The Morgan fingerprint density at radius 2 is 1.32 bits per heavy atom. The van der Waals surface area contributed by atoms with Gasteiger partial charge in [0.2, 0.25) is 5.78 Å². The second-order valence-electron chi connectivity index (χ2n) is 4.81. The first-order chi connectivity index (χ1) is 8.11. The summed E-state index contributed by atoms with van der Waals surface area (Å²) in [7, 11) is 0. The molecule has 0 radical (unpaired) electrons. The zero-order valence-electron chi connectivity index (χ0n) is 12.4. The second kappa shape index (κ2) is 8.74. The SMILES string of the molecule is CC(=O)CC(=O)C(OC(C)C)(OC(C)C)C(C)=O.[Ti]. The summed E-state index contributed by atoms with van der Waals surface area (Å²) < 4.78 is 10.8. The van der Waals surface area contributed by atoms with Crippen LogP contribution in [0.3, 0.4) is 0 Å². The van der Waals surface area contributed by atoms with Gasteiger partial charge in [0.15, 0.2) is 5.78 Å². The van der Waals surface area contributed by atoms with E-state index >= 15 is 0 Å². The third-order valence-electron chi connectivity index (χ3n) is 2.04. The van der Waals surface area contributed by atoms with Gasteiger partial charge in [-0.25, -0.2) is 0 Å². The molecule has 0 N–H and O–H groups in total. The van der Waals surface area contributed by atoms with Gasteiger partial charge in [-0.15, -0.1) is 0 Å². The van der Waals surface area contributed by atoms with E-state index in [9.17, 15) is 14.4 Å². The van der Waals surface area contributed by atoms with Crippen molar-refractivity contribution in [3.8, 4) is 0 Å². The molecule has 0 aliphatic carbocycles. The summed E-state index contributed by atoms with van der Waals surface area (Å²) in [6.07, 6.45) is -1.12. The van der Waals surface area contributed by atoms with Crippen LogP contribution in [-0.2, 0) is 45.6 Å². The minimum absolute atomic E-state index is 0. The van der Waals surface area contributed by atoms with Gasteiger partial charge < -0.3 is 9.47 Å². The Bertz CT molecular complexity index is 326. The van der Waals surface area contributed by atoms with Crippen molar-refractivity contribution in [1.82, 2.24) is 0 Å². The molecule has 0 aromatic carbocycles. The summed E-state index contributed by atoms with van der Waals surface area (Å²) >= 11 is 0. The number of rotatable bonds is 8. The van der Waals surface area contributed by atoms with Gasteiger partial charge in [0.05, 0.1) is 18.6 Å². The van der Waals surface area contributed by atoms with Crippen molar-refractivity contribution in [1.29, 1.82) is 0 Å². The Hall–Kier alpha value is -0.356. The maximum atomic E-state index is 12.1. The first kappa shape index (κ1) is 21.0. The summed E-state index contributed by atoms with van der Waals surface area (Å²) in [5.41, 5.74) is 0. The first-order valence-electron chi connectivity index (χ1n) is 6.01. The van der Waals surface area contributed by atoms with Gasteiger partial charge >= 0.3 is 0 Å². The largest absolute Gasteiger partial charge is 0.335 e. The average molecular weight is 306 g/mol. The molecule has 0 spiro atoms. The fraction of sp³-hybridized carbons (Fsp3) is 0.769. The van der Waals surface area contributed by atoms with E-state index in [1.165, 1.54) is 13.8 Å². The van der Waals surface area contributed by atoms with Crippen molar-refractivity contribution in [3.05, 3.63) is 0 Å². The van der Waals surface area contributed by atoms with Crippen molar-refractivity contribution in [2.24, 2.45) is 0 Å². The fourth-order valence-electron chi connectivity index (χ4n) is 1.53. The monoisotopic (exact) mass is 306 g/mol. The van der Waals surface area contributed by atoms with Crippen molar-refractivity contribution >= 4 is 17.3 Å². The van der Waals surface area contributed by atoms with Crippen LogP contribution in [0.1, 0.15) is 48.0 Å². The van der Waals surface area contributed by atoms with Crippen LogP contribution in [0.2, 0.25) is 0 Å². The van der Waals surface area contributed by atoms with Crippen LogP contribution < -0.4 is 0 Å². The molecule has 0 aliphatic heterocycles. The standard InChI is InChI=1S/C13H22O5.Ti/c1-8(2)17-13(11(6)15,18-9(3)4)12(16)7-10(5)14;/h8-9H,7H2,1-6H3;. The predicted molar refractivity (Wildman–Crippen MR) is 66.2 cm³/mol. The van der Waals surface area contributed by atoms with Crippen molar-refractivity contribution in [2.45, 2.75) is 66.0 Å². The molecule has 19 heavy (non-hydrogen) atoms.